The van der Waals surface area contributed by atoms with Crippen LogP contribution in [0, 0.1) is 0 Å². The number of rotatable bonds is 3. The Bertz CT molecular complexity index is 245. The molecule has 0 aromatic heterocycles. The lowest BCUT2D eigenvalue weighted by Crippen LogP contribution is -2.21. The van der Waals surface area contributed by atoms with Gasteiger partial charge in [-0.15, -0.1) is 0 Å². The number of hydrogen-bond acceptors (Lipinski definition) is 1. The van der Waals surface area contributed by atoms with E-state index in [9.17, 15) is 0 Å². The van der Waals surface area contributed by atoms with E-state index < -0.39 is 0 Å². The van der Waals surface area contributed by atoms with E-state index >= 15 is 0 Å². The molecule has 12 heavy (non-hydrogen) atoms. The summed E-state index contributed by atoms with van der Waals surface area (Å²) in [6, 6.07) is 8.90. The van der Waals surface area contributed by atoms with Gasteiger partial charge in [0.1, 0.15) is 0 Å². The van der Waals surface area contributed by atoms with Crippen molar-refractivity contribution in [2.45, 2.75) is 26.4 Å². The fraction of sp³-hybridized carbons (Fsp3) is 0.400. The summed E-state index contributed by atoms with van der Waals surface area (Å²) in [4.78, 5) is 0. The molecule has 66 valence electrons. The smallest absolute Gasteiger partial charge is 0.0208 e. The van der Waals surface area contributed by atoms with Gasteiger partial charge in [-0.2, -0.15) is 0 Å². The quantitative estimate of drug-likeness (QED) is 0.838. The van der Waals surface area contributed by atoms with Gasteiger partial charge in [-0.3, -0.25) is 0 Å². The van der Waals surface area contributed by atoms with Crippen LogP contribution in [0.4, 0.5) is 0 Å². The first-order valence-corrected chi connectivity index (χ1v) is 4.95. The predicted octanol–water partition coefficient (Wildman–Crippen LogP) is 2.95. The third-order valence-corrected chi connectivity index (χ3v) is 2.10. The molecule has 0 saturated heterocycles. The largest absolute Gasteiger partial charge is 0.310 e. The van der Waals surface area contributed by atoms with Crippen molar-refractivity contribution < 1.29 is 0 Å². The summed E-state index contributed by atoms with van der Waals surface area (Å²) in [5.41, 5.74) is 1.32. The van der Waals surface area contributed by atoms with Crippen molar-refractivity contribution in [3.63, 3.8) is 0 Å². The average molecular weight is 228 g/mol. The Morgan fingerprint density at radius 1 is 1.42 bits per heavy atom. The summed E-state index contributed by atoms with van der Waals surface area (Å²) in [6.45, 7) is 5.24. The van der Waals surface area contributed by atoms with Crippen molar-refractivity contribution in [2.75, 3.05) is 0 Å². The van der Waals surface area contributed by atoms with Gasteiger partial charge in [0.15, 0.2) is 0 Å². The standard InChI is InChI=1S/C10H14BrN/c1-8(2)12-7-9-4-3-5-10(11)6-9/h3-6,8,12H,7H2,1-2H3. The highest BCUT2D eigenvalue weighted by molar-refractivity contribution is 9.10. The topological polar surface area (TPSA) is 12.0 Å². The third kappa shape index (κ3) is 3.37. The molecule has 0 saturated carbocycles. The Labute approximate surface area is 82.3 Å². The number of benzene rings is 1. The minimum atomic E-state index is 0.545. The molecule has 0 spiro atoms. The Morgan fingerprint density at radius 2 is 2.17 bits per heavy atom. The molecule has 0 radical (unpaired) electrons. The van der Waals surface area contributed by atoms with Gasteiger partial charge in [0.2, 0.25) is 0 Å². The highest BCUT2D eigenvalue weighted by Crippen LogP contribution is 2.11. The van der Waals surface area contributed by atoms with Crippen molar-refractivity contribution in [3.05, 3.63) is 34.3 Å². The lowest BCUT2D eigenvalue weighted by atomic mass is 10.2. The van der Waals surface area contributed by atoms with Crippen LogP contribution in [0.3, 0.4) is 0 Å². The van der Waals surface area contributed by atoms with E-state index in [0.29, 0.717) is 6.04 Å². The van der Waals surface area contributed by atoms with Crippen LogP contribution in [0.5, 0.6) is 0 Å². The highest BCUT2D eigenvalue weighted by atomic mass is 79.9. The molecule has 1 aromatic rings. The molecule has 0 unspecified atom stereocenters. The van der Waals surface area contributed by atoms with Gasteiger partial charge in [-0.05, 0) is 17.7 Å². The zero-order valence-electron chi connectivity index (χ0n) is 7.47. The molecule has 0 aliphatic carbocycles. The maximum atomic E-state index is 3.44. The molecule has 1 aromatic carbocycles. The van der Waals surface area contributed by atoms with E-state index in [0.717, 1.165) is 11.0 Å². The van der Waals surface area contributed by atoms with E-state index in [1.807, 2.05) is 6.07 Å². The highest BCUT2D eigenvalue weighted by Gasteiger charge is 1.94. The van der Waals surface area contributed by atoms with Crippen LogP contribution in [0.1, 0.15) is 19.4 Å². The maximum absolute atomic E-state index is 3.44. The Balaban J connectivity index is 2.52. The molecule has 0 bridgehead atoms. The first kappa shape index (κ1) is 9.75. The van der Waals surface area contributed by atoms with Gasteiger partial charge in [0.05, 0.1) is 0 Å². The average Bonchev–Trinajstić information content (AvgIpc) is 2.01. The molecule has 1 rings (SSSR count). The normalized spacial score (nSPS) is 10.7. The summed E-state index contributed by atoms with van der Waals surface area (Å²) in [6.07, 6.45) is 0. The lowest BCUT2D eigenvalue weighted by Gasteiger charge is -2.07. The molecule has 0 heterocycles. The minimum Gasteiger partial charge on any atom is -0.310 e. The van der Waals surface area contributed by atoms with Crippen LogP contribution in [0.2, 0.25) is 0 Å². The van der Waals surface area contributed by atoms with Crippen molar-refractivity contribution >= 4 is 15.9 Å². The Hall–Kier alpha value is -0.340. The minimum absolute atomic E-state index is 0.545. The molecule has 2 heteroatoms. The number of halogens is 1. The van der Waals surface area contributed by atoms with Crippen molar-refractivity contribution in [1.29, 1.82) is 0 Å². The zero-order valence-corrected chi connectivity index (χ0v) is 9.06. The molecule has 0 fully saturated rings. The molecule has 1 nitrogen and oxygen atoms in total. The van der Waals surface area contributed by atoms with Crippen LogP contribution in [0.25, 0.3) is 0 Å². The second-order valence-corrected chi connectivity index (χ2v) is 4.08. The Morgan fingerprint density at radius 3 is 2.75 bits per heavy atom. The van der Waals surface area contributed by atoms with Crippen molar-refractivity contribution in [2.24, 2.45) is 0 Å². The number of nitrogens with one attached hydrogen (secondary N) is 1. The molecular weight excluding hydrogens is 214 g/mol. The van der Waals surface area contributed by atoms with E-state index in [1.165, 1.54) is 5.56 Å². The van der Waals surface area contributed by atoms with E-state index in [2.05, 4.69) is 53.3 Å². The number of hydrogen-bond donors (Lipinski definition) is 1. The summed E-state index contributed by atoms with van der Waals surface area (Å²) in [7, 11) is 0. The van der Waals surface area contributed by atoms with Gasteiger partial charge >= 0.3 is 0 Å². The fourth-order valence-corrected chi connectivity index (χ4v) is 1.42. The molecule has 0 amide bonds. The lowest BCUT2D eigenvalue weighted by molar-refractivity contribution is 0.589. The van der Waals surface area contributed by atoms with Gasteiger partial charge < -0.3 is 5.32 Å². The van der Waals surface area contributed by atoms with Gasteiger partial charge in [0.25, 0.3) is 0 Å². The fourth-order valence-electron chi connectivity index (χ4n) is 0.969. The van der Waals surface area contributed by atoms with Crippen molar-refractivity contribution in [1.82, 2.24) is 5.32 Å². The SMILES string of the molecule is CC(C)NCc1cccc(Br)c1. The van der Waals surface area contributed by atoms with E-state index in [1.54, 1.807) is 0 Å². The van der Waals surface area contributed by atoms with Gasteiger partial charge in [-0.25, -0.2) is 0 Å². The first-order valence-electron chi connectivity index (χ1n) is 4.16. The first-order chi connectivity index (χ1) is 5.68. The van der Waals surface area contributed by atoms with Crippen LogP contribution in [-0.4, -0.2) is 6.04 Å². The van der Waals surface area contributed by atoms with Crippen LogP contribution >= 0.6 is 15.9 Å². The van der Waals surface area contributed by atoms with Gasteiger partial charge in [0, 0.05) is 17.1 Å². The summed E-state index contributed by atoms with van der Waals surface area (Å²) in [5.74, 6) is 0. The molecule has 0 atom stereocenters. The van der Waals surface area contributed by atoms with Crippen LogP contribution < -0.4 is 5.32 Å². The molecule has 0 aliphatic rings. The summed E-state index contributed by atoms with van der Waals surface area (Å²) >= 11 is 3.44. The van der Waals surface area contributed by atoms with Gasteiger partial charge in [-0.1, -0.05) is 41.9 Å². The van der Waals surface area contributed by atoms with Crippen LogP contribution in [0.15, 0.2) is 28.7 Å². The molecule has 0 aliphatic heterocycles. The maximum Gasteiger partial charge on any atom is 0.0208 e. The van der Waals surface area contributed by atoms with Crippen LogP contribution in [-0.2, 0) is 6.54 Å². The molecule has 1 N–H and O–H groups in total. The third-order valence-electron chi connectivity index (χ3n) is 1.60. The van der Waals surface area contributed by atoms with E-state index in [4.69, 9.17) is 0 Å². The second kappa shape index (κ2) is 4.63. The summed E-state index contributed by atoms with van der Waals surface area (Å²) in [5, 5.41) is 3.37. The second-order valence-electron chi connectivity index (χ2n) is 3.17. The predicted molar refractivity (Wildman–Crippen MR) is 56.1 cm³/mol. The zero-order chi connectivity index (χ0) is 8.97. The Kier molecular flexibility index (Phi) is 3.76. The summed E-state index contributed by atoms with van der Waals surface area (Å²) < 4.78 is 1.14. The molecular formula is C10H14BrN. The van der Waals surface area contributed by atoms with E-state index in [-0.39, 0.29) is 0 Å². The van der Waals surface area contributed by atoms with Crippen molar-refractivity contribution in [3.8, 4) is 0 Å². The monoisotopic (exact) mass is 227 g/mol.